The van der Waals surface area contributed by atoms with E-state index in [-0.39, 0.29) is 11.7 Å². The van der Waals surface area contributed by atoms with Crippen LogP contribution in [0.25, 0.3) is 5.69 Å². The van der Waals surface area contributed by atoms with Crippen LogP contribution in [0.1, 0.15) is 11.3 Å². The molecule has 0 radical (unpaired) electrons. The number of nitrogens with one attached hydrogen (secondary N) is 1. The minimum atomic E-state index is -0.0885. The molecular formula is C21H19N5OS3. The first-order valence-corrected chi connectivity index (χ1v) is 11.8. The molecule has 0 saturated carbocycles. The van der Waals surface area contributed by atoms with Gasteiger partial charge in [0.2, 0.25) is 5.91 Å². The van der Waals surface area contributed by atoms with E-state index in [2.05, 4.69) is 20.5 Å². The molecule has 1 amide bonds. The van der Waals surface area contributed by atoms with E-state index in [9.17, 15) is 4.79 Å². The summed E-state index contributed by atoms with van der Waals surface area (Å²) in [6, 6.07) is 15.9. The molecule has 0 aliphatic heterocycles. The van der Waals surface area contributed by atoms with E-state index < -0.39 is 0 Å². The molecule has 0 atom stereocenters. The highest BCUT2D eigenvalue weighted by atomic mass is 32.2. The number of rotatable bonds is 7. The summed E-state index contributed by atoms with van der Waals surface area (Å²) in [4.78, 5) is 17.9. The Morgan fingerprint density at radius 2 is 1.87 bits per heavy atom. The van der Waals surface area contributed by atoms with Gasteiger partial charge in [0, 0.05) is 27.3 Å². The predicted octanol–water partition coefficient (Wildman–Crippen LogP) is 5.22. The lowest BCUT2D eigenvalue weighted by Crippen LogP contribution is -2.14. The van der Waals surface area contributed by atoms with Crippen LogP contribution in [0.3, 0.4) is 0 Å². The van der Waals surface area contributed by atoms with E-state index >= 15 is 0 Å². The first-order valence-electron chi connectivity index (χ1n) is 9.16. The second kappa shape index (κ2) is 9.46. The Morgan fingerprint density at radius 3 is 2.57 bits per heavy atom. The number of aromatic nitrogens is 4. The molecule has 0 spiro atoms. The number of carbonyl (C=O) groups is 1. The van der Waals surface area contributed by atoms with Crippen LogP contribution in [-0.4, -0.2) is 31.4 Å². The molecule has 2 heterocycles. The zero-order valence-electron chi connectivity index (χ0n) is 16.4. The van der Waals surface area contributed by atoms with Crippen LogP contribution in [0.2, 0.25) is 0 Å². The molecule has 2 aromatic carbocycles. The monoisotopic (exact) mass is 453 g/mol. The Bertz CT molecular complexity index is 1140. The van der Waals surface area contributed by atoms with Gasteiger partial charge < -0.3 is 5.32 Å². The second-order valence-corrected chi connectivity index (χ2v) is 9.66. The van der Waals surface area contributed by atoms with Crippen LogP contribution in [-0.2, 0) is 4.79 Å². The molecule has 6 nitrogen and oxygen atoms in total. The largest absolute Gasteiger partial charge is 0.325 e. The van der Waals surface area contributed by atoms with E-state index in [1.807, 2.05) is 72.3 Å². The molecule has 1 N–H and O–H groups in total. The summed E-state index contributed by atoms with van der Waals surface area (Å²) in [6.45, 7) is 4.03. The Morgan fingerprint density at radius 1 is 1.10 bits per heavy atom. The number of aryl methyl sites for hydroxylation is 2. The van der Waals surface area contributed by atoms with Crippen molar-refractivity contribution in [3.63, 3.8) is 0 Å². The maximum absolute atomic E-state index is 12.4. The summed E-state index contributed by atoms with van der Waals surface area (Å²) in [5.41, 5.74) is 3.95. The van der Waals surface area contributed by atoms with E-state index in [1.165, 1.54) is 17.3 Å². The minimum Gasteiger partial charge on any atom is -0.325 e. The summed E-state index contributed by atoms with van der Waals surface area (Å²) in [5, 5.41) is 13.8. The third kappa shape index (κ3) is 5.29. The van der Waals surface area contributed by atoms with Gasteiger partial charge in [-0.3, -0.25) is 9.36 Å². The zero-order valence-corrected chi connectivity index (χ0v) is 18.9. The van der Waals surface area contributed by atoms with Crippen LogP contribution in [0.4, 0.5) is 5.69 Å². The Hall–Kier alpha value is -2.62. The molecule has 0 fully saturated rings. The Balaban J connectivity index is 1.32. The fraction of sp³-hybridized carbons (Fsp3) is 0.143. The number of amides is 1. The van der Waals surface area contributed by atoms with Crippen LogP contribution in [0.5, 0.6) is 0 Å². The van der Waals surface area contributed by atoms with Crippen molar-refractivity contribution in [1.82, 2.24) is 19.7 Å². The van der Waals surface area contributed by atoms with Crippen molar-refractivity contribution in [3.8, 4) is 5.69 Å². The molecule has 4 aromatic rings. The van der Waals surface area contributed by atoms with Crippen molar-refractivity contribution < 1.29 is 4.79 Å². The first-order chi connectivity index (χ1) is 14.6. The van der Waals surface area contributed by atoms with E-state index in [0.29, 0.717) is 5.16 Å². The second-order valence-electron chi connectivity index (χ2n) is 6.54. The molecule has 9 heteroatoms. The number of anilines is 1. The van der Waals surface area contributed by atoms with Gasteiger partial charge in [-0.25, -0.2) is 4.98 Å². The van der Waals surface area contributed by atoms with E-state index in [4.69, 9.17) is 0 Å². The lowest BCUT2D eigenvalue weighted by Gasteiger charge is -2.08. The van der Waals surface area contributed by atoms with Gasteiger partial charge >= 0.3 is 0 Å². The topological polar surface area (TPSA) is 72.7 Å². The number of carbonyl (C=O) groups excluding carboxylic acids is 1. The number of benzene rings is 2. The number of thioether (sulfide) groups is 1. The van der Waals surface area contributed by atoms with Crippen LogP contribution in [0.15, 0.2) is 74.6 Å². The van der Waals surface area contributed by atoms with Gasteiger partial charge in [-0.1, -0.05) is 41.2 Å². The SMILES string of the molecule is Cc1ccc(-n2cnnc2SCC(=O)Nc2ccc(Sc3nc(C)cs3)cc2)cc1. The van der Waals surface area contributed by atoms with E-state index in [1.54, 1.807) is 29.4 Å². The molecule has 30 heavy (non-hydrogen) atoms. The van der Waals surface area contributed by atoms with Gasteiger partial charge in [0.05, 0.1) is 5.75 Å². The zero-order chi connectivity index (χ0) is 20.9. The molecule has 0 bridgehead atoms. The number of hydrogen-bond donors (Lipinski definition) is 1. The molecule has 0 aliphatic rings. The van der Waals surface area contributed by atoms with Gasteiger partial charge in [-0.15, -0.1) is 21.5 Å². The quantitative estimate of drug-likeness (QED) is 0.387. The minimum absolute atomic E-state index is 0.0885. The molecule has 152 valence electrons. The standard InChI is InChI=1S/C21H19N5OS3/c1-14-3-7-17(8-4-14)26-13-22-25-20(26)28-12-19(27)24-16-5-9-18(10-6-16)30-21-23-15(2)11-29-21/h3-11,13H,12H2,1-2H3,(H,24,27). The highest BCUT2D eigenvalue weighted by molar-refractivity contribution is 8.01. The highest BCUT2D eigenvalue weighted by Crippen LogP contribution is 2.31. The summed E-state index contributed by atoms with van der Waals surface area (Å²) in [5.74, 6) is 0.161. The third-order valence-electron chi connectivity index (χ3n) is 4.10. The van der Waals surface area contributed by atoms with Crippen molar-refractivity contribution in [2.45, 2.75) is 28.2 Å². The fourth-order valence-electron chi connectivity index (χ4n) is 2.62. The van der Waals surface area contributed by atoms with Gasteiger partial charge in [-0.2, -0.15) is 0 Å². The summed E-state index contributed by atoms with van der Waals surface area (Å²) < 4.78 is 2.89. The van der Waals surface area contributed by atoms with Gasteiger partial charge in [0.15, 0.2) is 9.50 Å². The van der Waals surface area contributed by atoms with Gasteiger partial charge in [0.1, 0.15) is 6.33 Å². The average Bonchev–Trinajstić information content (AvgIpc) is 3.37. The molecular weight excluding hydrogens is 434 g/mol. The summed E-state index contributed by atoms with van der Waals surface area (Å²) >= 11 is 4.60. The molecule has 4 rings (SSSR count). The number of nitrogens with zero attached hydrogens (tertiary/aromatic N) is 4. The predicted molar refractivity (Wildman–Crippen MR) is 123 cm³/mol. The van der Waals surface area contributed by atoms with Crippen molar-refractivity contribution in [2.24, 2.45) is 0 Å². The molecule has 0 saturated heterocycles. The van der Waals surface area contributed by atoms with Crippen LogP contribution >= 0.6 is 34.9 Å². The van der Waals surface area contributed by atoms with Crippen molar-refractivity contribution in [2.75, 3.05) is 11.1 Å². The Labute approximate surface area is 187 Å². The van der Waals surface area contributed by atoms with Crippen LogP contribution < -0.4 is 5.32 Å². The fourth-order valence-corrected chi connectivity index (χ4v) is 5.16. The van der Waals surface area contributed by atoms with Crippen molar-refractivity contribution >= 4 is 46.5 Å². The summed E-state index contributed by atoms with van der Waals surface area (Å²) in [6.07, 6.45) is 1.66. The third-order valence-corrected chi connectivity index (χ3v) is 7.11. The molecule has 2 aromatic heterocycles. The van der Waals surface area contributed by atoms with Crippen molar-refractivity contribution in [1.29, 1.82) is 0 Å². The highest BCUT2D eigenvalue weighted by Gasteiger charge is 2.11. The van der Waals surface area contributed by atoms with Crippen molar-refractivity contribution in [3.05, 3.63) is 71.5 Å². The van der Waals surface area contributed by atoms with Gasteiger partial charge in [-0.05, 0) is 50.2 Å². The average molecular weight is 454 g/mol. The Kier molecular flexibility index (Phi) is 6.51. The first kappa shape index (κ1) is 20.6. The molecule has 0 aliphatic carbocycles. The lowest BCUT2D eigenvalue weighted by molar-refractivity contribution is -0.113. The normalized spacial score (nSPS) is 10.9. The summed E-state index contributed by atoms with van der Waals surface area (Å²) in [7, 11) is 0. The van der Waals surface area contributed by atoms with E-state index in [0.717, 1.165) is 26.3 Å². The maximum Gasteiger partial charge on any atom is 0.234 e. The molecule has 0 unspecified atom stereocenters. The maximum atomic E-state index is 12.4. The smallest absolute Gasteiger partial charge is 0.234 e. The lowest BCUT2D eigenvalue weighted by atomic mass is 10.2. The number of thiazole rings is 1. The van der Waals surface area contributed by atoms with Crippen LogP contribution in [0, 0.1) is 13.8 Å². The van der Waals surface area contributed by atoms with Gasteiger partial charge in [0.25, 0.3) is 0 Å². The number of hydrogen-bond acceptors (Lipinski definition) is 7.